The molecule has 0 unspecified atom stereocenters. The zero-order valence-corrected chi connectivity index (χ0v) is 15.7. The van der Waals surface area contributed by atoms with Gasteiger partial charge in [0.1, 0.15) is 10.5 Å². The van der Waals surface area contributed by atoms with Crippen molar-refractivity contribution in [2.75, 3.05) is 10.6 Å². The molecule has 4 rings (SSSR count). The molecule has 4 aromatic rings. The molecule has 30 heavy (non-hydrogen) atoms. The number of nitrogens with zero attached hydrogens (tertiary/aromatic N) is 1. The van der Waals surface area contributed by atoms with Crippen molar-refractivity contribution >= 4 is 40.0 Å². The second-order valence-corrected chi connectivity index (χ2v) is 6.48. The van der Waals surface area contributed by atoms with Crippen LogP contribution >= 0.6 is 0 Å². The smallest absolute Gasteiger partial charge is 0.433 e. The zero-order valence-electron chi connectivity index (χ0n) is 15.7. The van der Waals surface area contributed by atoms with Gasteiger partial charge in [-0.3, -0.25) is 19.7 Å². The van der Waals surface area contributed by atoms with E-state index >= 15 is 0 Å². The van der Waals surface area contributed by atoms with Crippen molar-refractivity contribution in [3.05, 3.63) is 87.9 Å². The standard InChI is InChI=1S/C21H15N3O6/c1-12-10-14(22-20(25)17-8-9-19(30-17)24(27)28)6-7-15(12)23-21(26)18-11-13-4-2-3-5-16(13)29-18/h2-11H,1H3,(H,22,25)(H,23,26). The van der Waals surface area contributed by atoms with Gasteiger partial charge in [-0.2, -0.15) is 0 Å². The summed E-state index contributed by atoms with van der Waals surface area (Å²) in [5, 5.41) is 16.9. The first kappa shape index (κ1) is 18.9. The lowest BCUT2D eigenvalue weighted by molar-refractivity contribution is -0.402. The van der Waals surface area contributed by atoms with Gasteiger partial charge in [-0.15, -0.1) is 0 Å². The maximum absolute atomic E-state index is 12.5. The molecule has 0 aliphatic rings. The molecule has 0 aliphatic heterocycles. The number of nitrogens with one attached hydrogen (secondary N) is 2. The lowest BCUT2D eigenvalue weighted by atomic mass is 10.1. The van der Waals surface area contributed by atoms with Gasteiger partial charge in [-0.1, -0.05) is 18.2 Å². The number of benzene rings is 2. The molecule has 2 aromatic carbocycles. The normalized spacial score (nSPS) is 10.7. The van der Waals surface area contributed by atoms with Crippen LogP contribution in [0.25, 0.3) is 11.0 Å². The van der Waals surface area contributed by atoms with E-state index in [1.807, 2.05) is 18.2 Å². The molecule has 0 spiro atoms. The van der Waals surface area contributed by atoms with Gasteiger partial charge in [-0.25, -0.2) is 0 Å². The summed E-state index contributed by atoms with van der Waals surface area (Å²) in [6, 6.07) is 16.2. The largest absolute Gasteiger partial charge is 0.451 e. The lowest BCUT2D eigenvalue weighted by Gasteiger charge is -2.10. The zero-order chi connectivity index (χ0) is 21.3. The van der Waals surface area contributed by atoms with E-state index in [4.69, 9.17) is 8.83 Å². The van der Waals surface area contributed by atoms with Gasteiger partial charge in [0.25, 0.3) is 11.8 Å². The van der Waals surface area contributed by atoms with E-state index in [0.29, 0.717) is 22.5 Å². The minimum atomic E-state index is -0.722. The summed E-state index contributed by atoms with van der Waals surface area (Å²) in [5.74, 6) is -1.52. The van der Waals surface area contributed by atoms with E-state index < -0.39 is 22.6 Å². The SMILES string of the molecule is Cc1cc(NC(=O)c2ccc([N+](=O)[O-])o2)ccc1NC(=O)c1cc2ccccc2o1. The van der Waals surface area contributed by atoms with Crippen LogP contribution in [0.2, 0.25) is 0 Å². The van der Waals surface area contributed by atoms with Crippen LogP contribution in [0.4, 0.5) is 17.3 Å². The summed E-state index contributed by atoms with van der Waals surface area (Å²) in [6.07, 6.45) is 0. The van der Waals surface area contributed by atoms with E-state index in [1.54, 1.807) is 37.3 Å². The lowest BCUT2D eigenvalue weighted by Crippen LogP contribution is -2.13. The first-order chi connectivity index (χ1) is 14.4. The second kappa shape index (κ2) is 7.55. The summed E-state index contributed by atoms with van der Waals surface area (Å²) in [7, 11) is 0. The van der Waals surface area contributed by atoms with Gasteiger partial charge in [0.2, 0.25) is 0 Å². The Balaban J connectivity index is 1.46. The molecule has 0 bridgehead atoms. The third-order valence-corrected chi connectivity index (χ3v) is 4.38. The molecule has 0 radical (unpaired) electrons. The Morgan fingerprint density at radius 3 is 2.37 bits per heavy atom. The van der Waals surface area contributed by atoms with E-state index in [2.05, 4.69) is 10.6 Å². The van der Waals surface area contributed by atoms with Crippen LogP contribution in [0.15, 0.2) is 69.5 Å². The molecule has 2 amide bonds. The van der Waals surface area contributed by atoms with Gasteiger partial charge >= 0.3 is 5.88 Å². The van der Waals surface area contributed by atoms with E-state index in [0.717, 1.165) is 11.5 Å². The third-order valence-electron chi connectivity index (χ3n) is 4.38. The molecule has 0 aliphatic carbocycles. The van der Waals surface area contributed by atoms with Gasteiger partial charge in [0.05, 0.1) is 6.07 Å². The number of fused-ring (bicyclic) bond motifs is 1. The number of furan rings is 2. The molecule has 0 atom stereocenters. The van der Waals surface area contributed by atoms with Crippen LogP contribution in [0.3, 0.4) is 0 Å². The van der Waals surface area contributed by atoms with Crippen molar-refractivity contribution < 1.29 is 23.3 Å². The molecule has 9 heteroatoms. The van der Waals surface area contributed by atoms with Crippen LogP contribution in [-0.2, 0) is 0 Å². The number of carbonyl (C=O) groups is 2. The number of para-hydroxylation sites is 1. The topological polar surface area (TPSA) is 128 Å². The van der Waals surface area contributed by atoms with Gasteiger partial charge < -0.3 is 19.5 Å². The van der Waals surface area contributed by atoms with Gasteiger partial charge in [-0.05, 0) is 48.9 Å². The number of amides is 2. The van der Waals surface area contributed by atoms with E-state index in [9.17, 15) is 19.7 Å². The highest BCUT2D eigenvalue weighted by atomic mass is 16.6. The van der Waals surface area contributed by atoms with Crippen LogP contribution in [0.1, 0.15) is 26.7 Å². The van der Waals surface area contributed by atoms with E-state index in [-0.39, 0.29) is 11.5 Å². The Morgan fingerprint density at radius 2 is 1.67 bits per heavy atom. The Morgan fingerprint density at radius 1 is 0.900 bits per heavy atom. The molecule has 2 aromatic heterocycles. The number of nitro groups is 1. The second-order valence-electron chi connectivity index (χ2n) is 6.48. The summed E-state index contributed by atoms with van der Waals surface area (Å²) in [5.41, 5.74) is 2.31. The quantitative estimate of drug-likeness (QED) is 0.364. The number of aryl methyl sites for hydroxylation is 1. The number of carbonyl (C=O) groups excluding carboxylic acids is 2. The van der Waals surface area contributed by atoms with Gasteiger partial charge in [0, 0.05) is 16.8 Å². The average molecular weight is 405 g/mol. The molecule has 0 fully saturated rings. The molecular formula is C21H15N3O6. The fourth-order valence-electron chi connectivity index (χ4n) is 2.90. The minimum absolute atomic E-state index is 0.179. The molecule has 0 saturated heterocycles. The Bertz CT molecular complexity index is 1250. The highest BCUT2D eigenvalue weighted by Crippen LogP contribution is 2.24. The molecular weight excluding hydrogens is 390 g/mol. The molecule has 2 N–H and O–H groups in total. The fraction of sp³-hybridized carbons (Fsp3) is 0.0476. The maximum Gasteiger partial charge on any atom is 0.433 e. The van der Waals surface area contributed by atoms with E-state index in [1.165, 1.54) is 6.07 Å². The van der Waals surface area contributed by atoms with Crippen LogP contribution in [0.5, 0.6) is 0 Å². The average Bonchev–Trinajstić information content (AvgIpc) is 3.37. The van der Waals surface area contributed by atoms with Crippen molar-refractivity contribution in [1.82, 2.24) is 0 Å². The van der Waals surface area contributed by atoms with Crippen molar-refractivity contribution in [3.63, 3.8) is 0 Å². The van der Waals surface area contributed by atoms with Crippen LogP contribution < -0.4 is 10.6 Å². The number of anilines is 2. The molecule has 9 nitrogen and oxygen atoms in total. The summed E-state index contributed by atoms with van der Waals surface area (Å²) in [6.45, 7) is 1.77. The highest BCUT2D eigenvalue weighted by molar-refractivity contribution is 6.05. The monoisotopic (exact) mass is 405 g/mol. The van der Waals surface area contributed by atoms with Crippen molar-refractivity contribution in [2.24, 2.45) is 0 Å². The molecule has 150 valence electrons. The van der Waals surface area contributed by atoms with Crippen LogP contribution in [-0.4, -0.2) is 16.7 Å². The molecule has 0 saturated carbocycles. The van der Waals surface area contributed by atoms with Gasteiger partial charge in [0.15, 0.2) is 11.5 Å². The Kier molecular flexibility index (Phi) is 4.77. The number of hydrogen-bond donors (Lipinski definition) is 2. The first-order valence-electron chi connectivity index (χ1n) is 8.87. The van der Waals surface area contributed by atoms with Crippen molar-refractivity contribution in [3.8, 4) is 0 Å². The molecule has 2 heterocycles. The number of hydrogen-bond acceptors (Lipinski definition) is 6. The van der Waals surface area contributed by atoms with Crippen molar-refractivity contribution in [2.45, 2.75) is 6.92 Å². The Hall–Kier alpha value is -4.40. The Labute approximate surface area is 169 Å². The summed E-state index contributed by atoms with van der Waals surface area (Å²) >= 11 is 0. The third kappa shape index (κ3) is 3.76. The summed E-state index contributed by atoms with van der Waals surface area (Å²) < 4.78 is 10.4. The van der Waals surface area contributed by atoms with Crippen LogP contribution in [0, 0.1) is 17.0 Å². The predicted octanol–water partition coefficient (Wildman–Crippen LogP) is 4.75. The minimum Gasteiger partial charge on any atom is -0.451 e. The summed E-state index contributed by atoms with van der Waals surface area (Å²) in [4.78, 5) is 34.6. The predicted molar refractivity (Wildman–Crippen MR) is 109 cm³/mol. The maximum atomic E-state index is 12.5. The number of rotatable bonds is 5. The van der Waals surface area contributed by atoms with Crippen molar-refractivity contribution in [1.29, 1.82) is 0 Å². The first-order valence-corrected chi connectivity index (χ1v) is 8.87. The highest BCUT2D eigenvalue weighted by Gasteiger charge is 2.18. The fourth-order valence-corrected chi connectivity index (χ4v) is 2.90.